The van der Waals surface area contributed by atoms with E-state index >= 15 is 0 Å². The van der Waals surface area contributed by atoms with Gasteiger partial charge in [-0.15, -0.1) is 0 Å². The molecule has 2 aliphatic heterocycles. The Hall–Kier alpha value is -2.75. The number of fused-ring (bicyclic) bond motifs is 1. The normalized spacial score (nSPS) is 26.3. The van der Waals surface area contributed by atoms with E-state index in [1.165, 1.54) is 4.90 Å². The number of hydrogen-bond acceptors (Lipinski definition) is 5. The number of carboxylic acid groups (broad SMARTS) is 1. The Labute approximate surface area is 171 Å². The maximum atomic E-state index is 12.6. The maximum Gasteiger partial charge on any atom is 0.328 e. The predicted molar refractivity (Wildman–Crippen MR) is 106 cm³/mol. The molecule has 9 nitrogen and oxygen atoms in total. The van der Waals surface area contributed by atoms with E-state index < -0.39 is 44.9 Å². The molecule has 0 saturated carbocycles. The molecule has 3 amide bonds. The standard InChI is InChI=1S/C16H18N2O5S.C3H7NO/c1-16(2)12(15(21)22)18-13(20)11(14(18)24(16)23)17-10(19)8-9-6-4-3-5-7-9;1-4(2)3-5/h3-7,11-12,14H,8H2,1-2H3,(H,17,19)(H,21,22);3H,1-2H3/t11-,12+,14-,24?;/m1./s1. The Kier molecular flexibility index (Phi) is 6.78. The fraction of sp³-hybridized carbons (Fsp3) is 0.474. The molecule has 158 valence electrons. The van der Waals surface area contributed by atoms with Crippen molar-refractivity contribution in [3.63, 3.8) is 0 Å². The van der Waals surface area contributed by atoms with Crippen LogP contribution in [0.2, 0.25) is 0 Å². The summed E-state index contributed by atoms with van der Waals surface area (Å²) in [5, 5.41) is 11.2. The maximum absolute atomic E-state index is 12.6. The van der Waals surface area contributed by atoms with Crippen molar-refractivity contribution in [2.75, 3.05) is 14.1 Å². The van der Waals surface area contributed by atoms with Crippen molar-refractivity contribution in [3.05, 3.63) is 35.9 Å². The molecular formula is C19H25N3O6S. The summed E-state index contributed by atoms with van der Waals surface area (Å²) in [5.74, 6) is -2.03. The lowest BCUT2D eigenvalue weighted by molar-refractivity contribution is -0.161. The minimum Gasteiger partial charge on any atom is -0.480 e. The highest BCUT2D eigenvalue weighted by atomic mass is 32.2. The van der Waals surface area contributed by atoms with Crippen molar-refractivity contribution in [1.29, 1.82) is 0 Å². The highest BCUT2D eigenvalue weighted by molar-refractivity contribution is 7.87. The van der Waals surface area contributed by atoms with E-state index in [2.05, 4.69) is 5.32 Å². The van der Waals surface area contributed by atoms with Gasteiger partial charge in [0.05, 0.1) is 22.0 Å². The van der Waals surface area contributed by atoms with Crippen LogP contribution < -0.4 is 5.32 Å². The quantitative estimate of drug-likeness (QED) is 0.490. The van der Waals surface area contributed by atoms with Gasteiger partial charge >= 0.3 is 5.97 Å². The highest BCUT2D eigenvalue weighted by Crippen LogP contribution is 2.43. The van der Waals surface area contributed by atoms with Gasteiger partial charge in [0.25, 0.3) is 0 Å². The molecule has 0 aromatic heterocycles. The molecule has 2 heterocycles. The number of aliphatic carboxylic acids is 1. The molecule has 2 saturated heterocycles. The number of amides is 3. The summed E-state index contributed by atoms with van der Waals surface area (Å²) in [6.45, 7) is 3.13. The molecule has 0 spiro atoms. The fourth-order valence-corrected chi connectivity index (χ4v) is 5.22. The van der Waals surface area contributed by atoms with Crippen LogP contribution in [0.4, 0.5) is 0 Å². The molecular weight excluding hydrogens is 398 g/mol. The smallest absolute Gasteiger partial charge is 0.328 e. The number of nitrogens with one attached hydrogen (secondary N) is 1. The second-order valence-electron chi connectivity index (χ2n) is 7.55. The summed E-state index contributed by atoms with van der Waals surface area (Å²) in [4.78, 5) is 47.9. The summed E-state index contributed by atoms with van der Waals surface area (Å²) in [6.07, 6.45) is 0.857. The van der Waals surface area contributed by atoms with Gasteiger partial charge in [0.1, 0.15) is 17.5 Å². The van der Waals surface area contributed by atoms with E-state index in [1.807, 2.05) is 18.2 Å². The van der Waals surface area contributed by atoms with Gasteiger partial charge in [-0.05, 0) is 19.4 Å². The van der Waals surface area contributed by atoms with Crippen molar-refractivity contribution in [1.82, 2.24) is 15.1 Å². The number of carbonyl (C=O) groups is 4. The average molecular weight is 423 g/mol. The first-order chi connectivity index (χ1) is 13.5. The third kappa shape index (κ3) is 4.47. The molecule has 3 rings (SSSR count). The van der Waals surface area contributed by atoms with Crippen LogP contribution in [0.5, 0.6) is 0 Å². The molecule has 4 atom stereocenters. The Bertz CT molecular complexity index is 826. The lowest BCUT2D eigenvalue weighted by Gasteiger charge is -2.43. The van der Waals surface area contributed by atoms with Crippen molar-refractivity contribution in [3.8, 4) is 0 Å². The first-order valence-electron chi connectivity index (χ1n) is 8.93. The van der Waals surface area contributed by atoms with E-state index in [4.69, 9.17) is 0 Å². The van der Waals surface area contributed by atoms with Gasteiger partial charge in [-0.25, -0.2) is 4.79 Å². The molecule has 2 aliphatic rings. The van der Waals surface area contributed by atoms with Crippen LogP contribution in [-0.4, -0.2) is 79.6 Å². The zero-order valence-electron chi connectivity index (χ0n) is 16.7. The first kappa shape index (κ1) is 22.5. The van der Waals surface area contributed by atoms with Gasteiger partial charge in [-0.1, -0.05) is 30.3 Å². The van der Waals surface area contributed by atoms with E-state index in [0.717, 1.165) is 16.9 Å². The third-order valence-electron chi connectivity index (χ3n) is 4.72. The van der Waals surface area contributed by atoms with Crippen LogP contribution in [0.1, 0.15) is 19.4 Å². The average Bonchev–Trinajstić information content (AvgIpc) is 2.85. The summed E-state index contributed by atoms with van der Waals surface area (Å²) in [7, 11) is 1.80. The minimum atomic E-state index is -1.58. The van der Waals surface area contributed by atoms with Gasteiger partial charge in [-0.3, -0.25) is 18.6 Å². The summed E-state index contributed by atoms with van der Waals surface area (Å²) in [5.41, 5.74) is 0.801. The van der Waals surface area contributed by atoms with Crippen LogP contribution in [0.25, 0.3) is 0 Å². The topological polar surface area (TPSA) is 124 Å². The van der Waals surface area contributed by atoms with Crippen LogP contribution >= 0.6 is 0 Å². The summed E-state index contributed by atoms with van der Waals surface area (Å²) < 4.78 is 11.5. The Morgan fingerprint density at radius 1 is 1.28 bits per heavy atom. The van der Waals surface area contributed by atoms with Crippen molar-refractivity contribution in [2.45, 2.75) is 42.5 Å². The van der Waals surface area contributed by atoms with Crippen LogP contribution in [0.3, 0.4) is 0 Å². The Morgan fingerprint density at radius 3 is 2.31 bits per heavy atom. The predicted octanol–water partition coefficient (Wildman–Crippen LogP) is -0.419. The van der Waals surface area contributed by atoms with Gasteiger partial charge in [0, 0.05) is 14.1 Å². The van der Waals surface area contributed by atoms with E-state index in [-0.39, 0.29) is 12.3 Å². The first-order valence-corrected chi connectivity index (χ1v) is 10.1. The largest absolute Gasteiger partial charge is 0.480 e. The third-order valence-corrected chi connectivity index (χ3v) is 6.92. The zero-order valence-corrected chi connectivity index (χ0v) is 17.5. The Balaban J connectivity index is 0.000000537. The molecule has 1 aromatic rings. The van der Waals surface area contributed by atoms with E-state index in [9.17, 15) is 28.5 Å². The SMILES string of the molecule is CC1(C)[C@H](C(=O)O)N2C(=O)[C@@H](NC(=O)Cc3ccccc3)[C@H]2S1=O.CN(C)C=O. The number of carboxylic acids is 1. The van der Waals surface area contributed by atoms with Crippen molar-refractivity contribution < 1.29 is 28.5 Å². The molecule has 0 bridgehead atoms. The number of hydrogen-bond donors (Lipinski definition) is 2. The van der Waals surface area contributed by atoms with Gasteiger partial charge in [0.2, 0.25) is 18.2 Å². The molecule has 1 aromatic carbocycles. The van der Waals surface area contributed by atoms with Crippen LogP contribution in [0.15, 0.2) is 30.3 Å². The lowest BCUT2D eigenvalue weighted by atomic mass is 9.96. The summed E-state index contributed by atoms with van der Waals surface area (Å²) in [6, 6.07) is 6.99. The number of rotatable bonds is 5. The molecule has 2 fully saturated rings. The van der Waals surface area contributed by atoms with Gasteiger partial charge < -0.3 is 20.2 Å². The monoisotopic (exact) mass is 423 g/mol. The molecule has 1 unspecified atom stereocenters. The van der Waals surface area contributed by atoms with Gasteiger partial charge in [-0.2, -0.15) is 0 Å². The molecule has 10 heteroatoms. The van der Waals surface area contributed by atoms with E-state index in [0.29, 0.717) is 0 Å². The molecule has 0 radical (unpaired) electrons. The van der Waals surface area contributed by atoms with E-state index in [1.54, 1.807) is 40.1 Å². The summed E-state index contributed by atoms with van der Waals surface area (Å²) >= 11 is 0. The second-order valence-corrected chi connectivity index (χ2v) is 9.68. The van der Waals surface area contributed by atoms with Gasteiger partial charge in [0.15, 0.2) is 0 Å². The minimum absolute atomic E-state index is 0.107. The molecule has 2 N–H and O–H groups in total. The van der Waals surface area contributed by atoms with Crippen LogP contribution in [-0.2, 0) is 36.4 Å². The fourth-order valence-electron chi connectivity index (χ4n) is 3.30. The van der Waals surface area contributed by atoms with Crippen molar-refractivity contribution in [2.24, 2.45) is 0 Å². The molecule has 0 aliphatic carbocycles. The number of β-lactam (4-membered cyclic amide) rings is 1. The van der Waals surface area contributed by atoms with Crippen LogP contribution in [0, 0.1) is 0 Å². The lowest BCUT2D eigenvalue weighted by Crippen LogP contribution is -2.71. The van der Waals surface area contributed by atoms with Crippen molar-refractivity contribution >= 4 is 35.0 Å². The highest BCUT2D eigenvalue weighted by Gasteiger charge is 2.68. The Morgan fingerprint density at radius 2 is 1.83 bits per heavy atom. The second kappa shape index (κ2) is 8.73. The zero-order chi connectivity index (χ0) is 21.9. The molecule has 29 heavy (non-hydrogen) atoms. The number of nitrogens with zero attached hydrogens (tertiary/aromatic N) is 2. The number of carbonyl (C=O) groups excluding carboxylic acids is 3. The number of benzene rings is 1.